The van der Waals surface area contributed by atoms with E-state index in [9.17, 15) is 14.7 Å². The quantitative estimate of drug-likeness (QED) is 0.407. The van der Waals surface area contributed by atoms with Gasteiger partial charge in [-0.15, -0.1) is 0 Å². The van der Waals surface area contributed by atoms with Crippen LogP contribution >= 0.6 is 0 Å². The number of rotatable bonds is 6. The fourth-order valence-electron chi connectivity index (χ4n) is 2.60. The molecule has 0 aliphatic carbocycles. The molecule has 0 unspecified atom stereocenters. The number of phenolic OH excluding ortho intramolecular Hbond substituents is 1. The molecular weight excluding hydrogens is 348 g/mol. The number of benzene rings is 2. The van der Waals surface area contributed by atoms with Crippen molar-refractivity contribution in [2.45, 2.75) is 13.5 Å². The molecule has 0 atom stereocenters. The van der Waals surface area contributed by atoms with Gasteiger partial charge in [0.05, 0.1) is 6.61 Å². The summed E-state index contributed by atoms with van der Waals surface area (Å²) in [7, 11) is 0. The third-order valence-electron chi connectivity index (χ3n) is 3.80. The van der Waals surface area contributed by atoms with Crippen LogP contribution in [0.4, 0.5) is 0 Å². The SMILES string of the molecule is CCOc1ccccc1/C=C/C(=O)OCc1cc(=O)oc2cc(O)ccc12. The van der Waals surface area contributed by atoms with E-state index < -0.39 is 11.6 Å². The van der Waals surface area contributed by atoms with E-state index in [0.29, 0.717) is 23.3 Å². The van der Waals surface area contributed by atoms with Gasteiger partial charge in [0.15, 0.2) is 0 Å². The monoisotopic (exact) mass is 366 g/mol. The van der Waals surface area contributed by atoms with Crippen LogP contribution in [0.1, 0.15) is 18.1 Å². The number of fused-ring (bicyclic) bond motifs is 1. The number of carbonyl (C=O) groups is 1. The van der Waals surface area contributed by atoms with Crippen LogP contribution in [0.5, 0.6) is 11.5 Å². The van der Waals surface area contributed by atoms with Gasteiger partial charge in [0, 0.05) is 34.7 Å². The van der Waals surface area contributed by atoms with Gasteiger partial charge in [0.2, 0.25) is 0 Å². The van der Waals surface area contributed by atoms with E-state index in [4.69, 9.17) is 13.9 Å². The van der Waals surface area contributed by atoms with Crippen molar-refractivity contribution < 1.29 is 23.8 Å². The Morgan fingerprint density at radius 3 is 2.81 bits per heavy atom. The summed E-state index contributed by atoms with van der Waals surface area (Å²) in [5.41, 5.74) is 0.908. The van der Waals surface area contributed by atoms with E-state index in [2.05, 4.69) is 0 Å². The van der Waals surface area contributed by atoms with Crippen LogP contribution < -0.4 is 10.4 Å². The van der Waals surface area contributed by atoms with E-state index in [1.54, 1.807) is 12.1 Å². The van der Waals surface area contributed by atoms with Crippen LogP contribution in [0.3, 0.4) is 0 Å². The number of phenols is 1. The van der Waals surface area contributed by atoms with Crippen LogP contribution in [0.2, 0.25) is 0 Å². The number of hydrogen-bond acceptors (Lipinski definition) is 6. The predicted molar refractivity (Wildman–Crippen MR) is 101 cm³/mol. The van der Waals surface area contributed by atoms with Crippen molar-refractivity contribution in [3.8, 4) is 11.5 Å². The molecule has 6 heteroatoms. The highest BCUT2D eigenvalue weighted by molar-refractivity contribution is 5.88. The van der Waals surface area contributed by atoms with Gasteiger partial charge in [-0.05, 0) is 31.2 Å². The summed E-state index contributed by atoms with van der Waals surface area (Å²) in [4.78, 5) is 23.7. The van der Waals surface area contributed by atoms with E-state index in [1.165, 1.54) is 24.3 Å². The Hall–Kier alpha value is -3.54. The predicted octanol–water partition coefficient (Wildman–Crippen LogP) is 3.65. The van der Waals surface area contributed by atoms with Gasteiger partial charge in [-0.3, -0.25) is 0 Å². The number of aromatic hydroxyl groups is 1. The zero-order chi connectivity index (χ0) is 19.2. The number of hydrogen-bond donors (Lipinski definition) is 1. The highest BCUT2D eigenvalue weighted by Crippen LogP contribution is 2.22. The molecule has 3 aromatic rings. The van der Waals surface area contributed by atoms with Crippen LogP contribution in [-0.2, 0) is 16.1 Å². The second-order valence-electron chi connectivity index (χ2n) is 5.68. The molecule has 2 aromatic carbocycles. The molecule has 0 bridgehead atoms. The Morgan fingerprint density at radius 2 is 2.00 bits per heavy atom. The molecule has 1 aromatic heterocycles. The van der Waals surface area contributed by atoms with E-state index >= 15 is 0 Å². The second kappa shape index (κ2) is 8.23. The average molecular weight is 366 g/mol. The lowest BCUT2D eigenvalue weighted by molar-refractivity contribution is -0.138. The maximum atomic E-state index is 12.0. The van der Waals surface area contributed by atoms with Gasteiger partial charge in [0.25, 0.3) is 0 Å². The summed E-state index contributed by atoms with van der Waals surface area (Å²) in [6.07, 6.45) is 2.92. The average Bonchev–Trinajstić information content (AvgIpc) is 2.65. The Kier molecular flexibility index (Phi) is 5.56. The molecule has 27 heavy (non-hydrogen) atoms. The Morgan fingerprint density at radius 1 is 1.19 bits per heavy atom. The largest absolute Gasteiger partial charge is 0.508 e. The summed E-state index contributed by atoms with van der Waals surface area (Å²) in [5, 5.41) is 10.1. The zero-order valence-corrected chi connectivity index (χ0v) is 14.7. The van der Waals surface area contributed by atoms with E-state index in [0.717, 1.165) is 5.56 Å². The second-order valence-corrected chi connectivity index (χ2v) is 5.68. The molecule has 0 saturated carbocycles. The fourth-order valence-corrected chi connectivity index (χ4v) is 2.60. The number of esters is 1. The van der Waals surface area contributed by atoms with Gasteiger partial charge >= 0.3 is 11.6 Å². The zero-order valence-electron chi connectivity index (χ0n) is 14.7. The minimum atomic E-state index is -0.583. The topological polar surface area (TPSA) is 86.0 Å². The van der Waals surface area contributed by atoms with E-state index in [-0.39, 0.29) is 17.9 Å². The highest BCUT2D eigenvalue weighted by atomic mass is 16.5. The first-order valence-corrected chi connectivity index (χ1v) is 8.39. The van der Waals surface area contributed by atoms with Crippen molar-refractivity contribution in [2.24, 2.45) is 0 Å². The van der Waals surface area contributed by atoms with Gasteiger partial charge in [-0.1, -0.05) is 18.2 Å². The molecule has 0 aliphatic heterocycles. The van der Waals surface area contributed by atoms with Crippen molar-refractivity contribution in [3.63, 3.8) is 0 Å². The molecule has 0 fully saturated rings. The minimum absolute atomic E-state index is 0.0179. The summed E-state index contributed by atoms with van der Waals surface area (Å²) in [6, 6.07) is 13.0. The summed E-state index contributed by atoms with van der Waals surface area (Å²) < 4.78 is 15.8. The lowest BCUT2D eigenvalue weighted by Crippen LogP contribution is -2.05. The van der Waals surface area contributed by atoms with Crippen molar-refractivity contribution in [2.75, 3.05) is 6.61 Å². The molecule has 0 amide bonds. The molecular formula is C21H18O6. The molecule has 1 heterocycles. The third kappa shape index (κ3) is 4.55. The third-order valence-corrected chi connectivity index (χ3v) is 3.80. The van der Waals surface area contributed by atoms with Crippen LogP contribution in [0, 0.1) is 0 Å². The lowest BCUT2D eigenvalue weighted by Gasteiger charge is -2.07. The Bertz CT molecular complexity index is 1050. The summed E-state index contributed by atoms with van der Waals surface area (Å²) in [6.45, 7) is 2.31. The van der Waals surface area contributed by atoms with E-state index in [1.807, 2.05) is 31.2 Å². The molecule has 138 valence electrons. The number of para-hydroxylation sites is 1. The van der Waals surface area contributed by atoms with Gasteiger partial charge in [-0.25, -0.2) is 9.59 Å². The van der Waals surface area contributed by atoms with Gasteiger partial charge < -0.3 is 19.0 Å². The first-order chi connectivity index (χ1) is 13.1. The van der Waals surface area contributed by atoms with Gasteiger partial charge in [-0.2, -0.15) is 0 Å². The summed E-state index contributed by atoms with van der Waals surface area (Å²) in [5.74, 6) is 0.104. The maximum Gasteiger partial charge on any atom is 0.336 e. The lowest BCUT2D eigenvalue weighted by atomic mass is 10.1. The smallest absolute Gasteiger partial charge is 0.336 e. The van der Waals surface area contributed by atoms with Crippen molar-refractivity contribution in [1.82, 2.24) is 0 Å². The molecule has 0 aliphatic rings. The van der Waals surface area contributed by atoms with Crippen molar-refractivity contribution in [3.05, 3.63) is 76.2 Å². The number of carbonyl (C=O) groups excluding carboxylic acids is 1. The minimum Gasteiger partial charge on any atom is -0.508 e. The first kappa shape index (κ1) is 18.3. The number of ether oxygens (including phenoxy) is 2. The molecule has 0 saturated heterocycles. The Balaban J connectivity index is 1.73. The highest BCUT2D eigenvalue weighted by Gasteiger charge is 2.09. The maximum absolute atomic E-state index is 12.0. The molecule has 6 nitrogen and oxygen atoms in total. The van der Waals surface area contributed by atoms with Crippen LogP contribution in [-0.4, -0.2) is 17.7 Å². The van der Waals surface area contributed by atoms with Crippen molar-refractivity contribution in [1.29, 1.82) is 0 Å². The van der Waals surface area contributed by atoms with Crippen LogP contribution in [0.25, 0.3) is 17.0 Å². The van der Waals surface area contributed by atoms with Gasteiger partial charge in [0.1, 0.15) is 23.7 Å². The Labute approximate surface area is 155 Å². The normalized spacial score (nSPS) is 11.0. The molecule has 3 rings (SSSR count). The molecule has 0 spiro atoms. The van der Waals surface area contributed by atoms with Crippen LogP contribution in [0.15, 0.2) is 63.8 Å². The molecule has 1 N–H and O–H groups in total. The summed E-state index contributed by atoms with van der Waals surface area (Å²) >= 11 is 0. The standard InChI is InChI=1S/C21H18O6/c1-2-25-18-6-4-3-5-14(18)7-10-20(23)26-13-15-11-21(24)27-19-12-16(22)8-9-17(15)19/h3-12,22H,2,13H2,1H3/b10-7+. The fraction of sp³-hybridized carbons (Fsp3) is 0.143. The molecule has 0 radical (unpaired) electrons. The van der Waals surface area contributed by atoms with Crippen molar-refractivity contribution >= 4 is 23.0 Å². The first-order valence-electron chi connectivity index (χ1n) is 8.39.